The first-order valence-electron chi connectivity index (χ1n) is 10.0. The molecule has 2 amide bonds. The summed E-state index contributed by atoms with van der Waals surface area (Å²) in [6.45, 7) is 4.50. The predicted molar refractivity (Wildman–Crippen MR) is 94.6 cm³/mol. The Bertz CT molecular complexity index is 454. The molecule has 5 nitrogen and oxygen atoms in total. The Balaban J connectivity index is 1.75. The SMILES string of the molecule is CCCCN1C(=O)[C@H](CC2CCCCC2)NC(=O)C12CCNCC2. The molecule has 2 saturated heterocycles. The van der Waals surface area contributed by atoms with Crippen LogP contribution in [0.15, 0.2) is 0 Å². The fourth-order valence-corrected chi connectivity index (χ4v) is 4.77. The van der Waals surface area contributed by atoms with Crippen molar-refractivity contribution >= 4 is 11.8 Å². The van der Waals surface area contributed by atoms with Gasteiger partial charge in [0.2, 0.25) is 11.8 Å². The number of nitrogens with one attached hydrogen (secondary N) is 2. The lowest BCUT2D eigenvalue weighted by Crippen LogP contribution is -2.72. The molecule has 0 bridgehead atoms. The molecule has 3 fully saturated rings. The van der Waals surface area contributed by atoms with Gasteiger partial charge in [-0.3, -0.25) is 9.59 Å². The molecule has 2 N–H and O–H groups in total. The third kappa shape index (κ3) is 3.46. The first kappa shape index (κ1) is 17.7. The van der Waals surface area contributed by atoms with Crippen molar-refractivity contribution in [1.82, 2.24) is 15.5 Å². The summed E-state index contributed by atoms with van der Waals surface area (Å²) in [6, 6.07) is -0.294. The molecular weight excluding hydrogens is 302 g/mol. The largest absolute Gasteiger partial charge is 0.342 e. The molecule has 0 aromatic heterocycles. The van der Waals surface area contributed by atoms with E-state index in [0.29, 0.717) is 5.92 Å². The minimum Gasteiger partial charge on any atom is -0.342 e. The Kier molecular flexibility index (Phi) is 5.80. The molecule has 2 aliphatic heterocycles. The van der Waals surface area contributed by atoms with Crippen LogP contribution in [0.25, 0.3) is 0 Å². The second-order valence-corrected chi connectivity index (χ2v) is 7.89. The van der Waals surface area contributed by atoms with Crippen molar-refractivity contribution in [3.8, 4) is 0 Å². The van der Waals surface area contributed by atoms with Gasteiger partial charge in [-0.1, -0.05) is 45.4 Å². The van der Waals surface area contributed by atoms with Gasteiger partial charge in [0.15, 0.2) is 0 Å². The summed E-state index contributed by atoms with van der Waals surface area (Å²) in [7, 11) is 0. The number of piperazine rings is 1. The molecule has 136 valence electrons. The number of amides is 2. The van der Waals surface area contributed by atoms with Crippen molar-refractivity contribution < 1.29 is 9.59 Å². The number of hydrogen-bond donors (Lipinski definition) is 2. The highest BCUT2D eigenvalue weighted by Gasteiger charge is 2.52. The molecule has 3 aliphatic rings. The van der Waals surface area contributed by atoms with Gasteiger partial charge in [-0.25, -0.2) is 0 Å². The summed E-state index contributed by atoms with van der Waals surface area (Å²) in [6.07, 6.45) is 10.6. The number of hydrogen-bond acceptors (Lipinski definition) is 3. The van der Waals surface area contributed by atoms with Crippen LogP contribution in [0.2, 0.25) is 0 Å². The van der Waals surface area contributed by atoms with E-state index in [9.17, 15) is 9.59 Å². The Hall–Kier alpha value is -1.10. The first-order chi connectivity index (χ1) is 11.7. The molecule has 0 aromatic carbocycles. The zero-order valence-corrected chi connectivity index (χ0v) is 15.1. The molecule has 0 aromatic rings. The molecule has 1 aliphatic carbocycles. The summed E-state index contributed by atoms with van der Waals surface area (Å²) < 4.78 is 0. The maximum atomic E-state index is 13.2. The van der Waals surface area contributed by atoms with Crippen molar-refractivity contribution in [2.45, 2.75) is 82.7 Å². The zero-order chi connectivity index (χ0) is 17.0. The molecular formula is C19H33N3O2. The lowest BCUT2D eigenvalue weighted by Gasteiger charge is -2.50. The van der Waals surface area contributed by atoms with Crippen LogP contribution >= 0.6 is 0 Å². The molecule has 0 unspecified atom stereocenters. The van der Waals surface area contributed by atoms with E-state index in [4.69, 9.17) is 0 Å². The van der Waals surface area contributed by atoms with Crippen LogP contribution in [0.4, 0.5) is 0 Å². The van der Waals surface area contributed by atoms with Crippen LogP contribution in [-0.4, -0.2) is 47.9 Å². The molecule has 0 radical (unpaired) electrons. The highest BCUT2D eigenvalue weighted by atomic mass is 16.2. The van der Waals surface area contributed by atoms with E-state index in [0.717, 1.165) is 51.7 Å². The number of carbonyl (C=O) groups is 2. The quantitative estimate of drug-likeness (QED) is 0.810. The van der Waals surface area contributed by atoms with E-state index in [1.807, 2.05) is 4.90 Å². The summed E-state index contributed by atoms with van der Waals surface area (Å²) in [5.74, 6) is 0.874. The third-order valence-corrected chi connectivity index (χ3v) is 6.27. The van der Waals surface area contributed by atoms with Crippen molar-refractivity contribution in [3.63, 3.8) is 0 Å². The first-order valence-corrected chi connectivity index (χ1v) is 10.0. The van der Waals surface area contributed by atoms with Crippen molar-refractivity contribution in [3.05, 3.63) is 0 Å². The molecule has 1 atom stereocenters. The van der Waals surface area contributed by atoms with Gasteiger partial charge in [0.25, 0.3) is 0 Å². The Morgan fingerprint density at radius 3 is 2.50 bits per heavy atom. The lowest BCUT2D eigenvalue weighted by molar-refractivity contribution is -0.160. The molecule has 24 heavy (non-hydrogen) atoms. The highest BCUT2D eigenvalue weighted by Crippen LogP contribution is 2.34. The van der Waals surface area contributed by atoms with Gasteiger partial charge in [-0.05, 0) is 44.7 Å². The maximum absolute atomic E-state index is 13.2. The van der Waals surface area contributed by atoms with Crippen molar-refractivity contribution in [2.24, 2.45) is 5.92 Å². The van der Waals surface area contributed by atoms with Gasteiger partial charge in [0, 0.05) is 6.54 Å². The molecule has 1 saturated carbocycles. The fourth-order valence-electron chi connectivity index (χ4n) is 4.77. The number of carbonyl (C=O) groups excluding carboxylic acids is 2. The van der Waals surface area contributed by atoms with Crippen LogP contribution < -0.4 is 10.6 Å². The van der Waals surface area contributed by atoms with Gasteiger partial charge >= 0.3 is 0 Å². The Labute approximate surface area is 145 Å². The molecule has 5 heteroatoms. The topological polar surface area (TPSA) is 61.4 Å². The lowest BCUT2D eigenvalue weighted by atomic mass is 9.79. The highest BCUT2D eigenvalue weighted by molar-refractivity contribution is 6.00. The van der Waals surface area contributed by atoms with Crippen molar-refractivity contribution in [1.29, 1.82) is 0 Å². The van der Waals surface area contributed by atoms with Gasteiger partial charge in [-0.2, -0.15) is 0 Å². The van der Waals surface area contributed by atoms with Gasteiger partial charge < -0.3 is 15.5 Å². The third-order valence-electron chi connectivity index (χ3n) is 6.27. The number of nitrogens with zero attached hydrogens (tertiary/aromatic N) is 1. The van der Waals surface area contributed by atoms with Crippen molar-refractivity contribution in [2.75, 3.05) is 19.6 Å². The Morgan fingerprint density at radius 1 is 1.12 bits per heavy atom. The summed E-state index contributed by atoms with van der Waals surface area (Å²) in [5.41, 5.74) is -0.597. The fraction of sp³-hybridized carbons (Fsp3) is 0.895. The van der Waals surface area contributed by atoms with E-state index in [1.54, 1.807) is 0 Å². The van der Waals surface area contributed by atoms with Gasteiger partial charge in [0.05, 0.1) is 0 Å². The molecule has 1 spiro atoms. The van der Waals surface area contributed by atoms with Crippen LogP contribution in [0.5, 0.6) is 0 Å². The number of piperidine rings is 1. The van der Waals surface area contributed by atoms with Crippen LogP contribution in [-0.2, 0) is 9.59 Å². The van der Waals surface area contributed by atoms with E-state index >= 15 is 0 Å². The second-order valence-electron chi connectivity index (χ2n) is 7.89. The standard InChI is InChI=1S/C19H33N3O2/c1-2-3-13-22-17(23)16(14-15-7-5-4-6-8-15)21-18(24)19(22)9-11-20-12-10-19/h15-16,20H,2-14H2,1H3,(H,21,24)/t16-/m0/s1. The van der Waals surface area contributed by atoms with Gasteiger partial charge in [0.1, 0.15) is 11.6 Å². The molecule has 2 heterocycles. The summed E-state index contributed by atoms with van der Waals surface area (Å²) in [5, 5.41) is 6.45. The smallest absolute Gasteiger partial charge is 0.246 e. The monoisotopic (exact) mass is 335 g/mol. The average Bonchev–Trinajstić information content (AvgIpc) is 2.62. The van der Waals surface area contributed by atoms with Crippen LogP contribution in [0.1, 0.15) is 71.1 Å². The average molecular weight is 335 g/mol. The summed E-state index contributed by atoms with van der Waals surface area (Å²) in [4.78, 5) is 28.2. The summed E-state index contributed by atoms with van der Waals surface area (Å²) >= 11 is 0. The Morgan fingerprint density at radius 2 is 1.83 bits per heavy atom. The van der Waals surface area contributed by atoms with Crippen LogP contribution in [0, 0.1) is 5.92 Å². The maximum Gasteiger partial charge on any atom is 0.246 e. The number of unbranched alkanes of at least 4 members (excludes halogenated alkanes) is 1. The van der Waals surface area contributed by atoms with Gasteiger partial charge in [-0.15, -0.1) is 0 Å². The number of rotatable bonds is 5. The normalized spacial score (nSPS) is 28.2. The van der Waals surface area contributed by atoms with Crippen LogP contribution in [0.3, 0.4) is 0 Å². The van der Waals surface area contributed by atoms with E-state index in [-0.39, 0.29) is 17.9 Å². The van der Waals surface area contributed by atoms with E-state index < -0.39 is 5.54 Å². The van der Waals surface area contributed by atoms with E-state index in [1.165, 1.54) is 32.1 Å². The predicted octanol–water partition coefficient (Wildman–Crippen LogP) is 2.21. The van der Waals surface area contributed by atoms with E-state index in [2.05, 4.69) is 17.6 Å². The minimum absolute atomic E-state index is 0.0977. The molecule has 3 rings (SSSR count). The minimum atomic E-state index is -0.597. The second kappa shape index (κ2) is 7.85. The zero-order valence-electron chi connectivity index (χ0n) is 15.1.